The molecule has 2 amide bonds. The van der Waals surface area contributed by atoms with Crippen LogP contribution < -0.4 is 10.1 Å². The third kappa shape index (κ3) is 5.00. The summed E-state index contributed by atoms with van der Waals surface area (Å²) in [6, 6.07) is 15.2. The number of carbonyl (C=O) groups is 2. The largest absolute Gasteiger partial charge is 0.496 e. The molecule has 0 saturated carbocycles. The van der Waals surface area contributed by atoms with Crippen LogP contribution in [0.3, 0.4) is 0 Å². The van der Waals surface area contributed by atoms with E-state index in [0.29, 0.717) is 18.7 Å². The molecule has 0 aromatic heterocycles. The highest BCUT2D eigenvalue weighted by Gasteiger charge is 2.23. The summed E-state index contributed by atoms with van der Waals surface area (Å²) in [4.78, 5) is 26.6. The quantitative estimate of drug-likeness (QED) is 0.811. The number of nitrogens with zero attached hydrogens (tertiary/aromatic N) is 1. The van der Waals surface area contributed by atoms with Crippen molar-refractivity contribution in [1.82, 2.24) is 10.2 Å². The molecule has 28 heavy (non-hydrogen) atoms. The van der Waals surface area contributed by atoms with Crippen LogP contribution in [-0.2, 0) is 4.79 Å². The van der Waals surface area contributed by atoms with Gasteiger partial charge in [-0.25, -0.2) is 0 Å². The van der Waals surface area contributed by atoms with Gasteiger partial charge in [0.2, 0.25) is 5.91 Å². The van der Waals surface area contributed by atoms with Crippen molar-refractivity contribution in [1.29, 1.82) is 0 Å². The van der Waals surface area contributed by atoms with E-state index in [1.807, 2.05) is 48.2 Å². The summed E-state index contributed by atoms with van der Waals surface area (Å²) in [5.74, 6) is 0.671. The molecule has 3 rings (SSSR count). The predicted molar refractivity (Wildman–Crippen MR) is 110 cm³/mol. The van der Waals surface area contributed by atoms with Crippen LogP contribution >= 0.6 is 0 Å². The number of carbonyl (C=O) groups excluding carboxylic acids is 2. The molecule has 0 radical (unpaired) electrons. The smallest absolute Gasteiger partial charge is 0.251 e. The number of amides is 2. The molecule has 5 heteroatoms. The van der Waals surface area contributed by atoms with E-state index in [-0.39, 0.29) is 17.9 Å². The van der Waals surface area contributed by atoms with Gasteiger partial charge in [-0.1, -0.05) is 29.8 Å². The number of methoxy groups -OCH3 is 1. The minimum atomic E-state index is -0.0585. The van der Waals surface area contributed by atoms with E-state index in [4.69, 9.17) is 4.74 Å². The van der Waals surface area contributed by atoms with Crippen LogP contribution in [0.5, 0.6) is 5.75 Å². The maximum absolute atomic E-state index is 12.5. The normalized spacial score (nSPS) is 14.9. The Kier molecular flexibility index (Phi) is 6.48. The fourth-order valence-corrected chi connectivity index (χ4v) is 3.35. The first-order valence-electron chi connectivity index (χ1n) is 9.54. The monoisotopic (exact) mass is 378 g/mol. The van der Waals surface area contributed by atoms with Gasteiger partial charge in [-0.15, -0.1) is 0 Å². The van der Waals surface area contributed by atoms with E-state index >= 15 is 0 Å². The third-order valence-corrected chi connectivity index (χ3v) is 4.97. The standard InChI is InChI=1S/C23H26N2O3/c1-17-8-10-21(28-2)19(16-17)9-11-22(26)25-14-12-20(13-15-25)24-23(27)18-6-4-3-5-7-18/h3-11,16,20H,12-15H2,1-2H3,(H,24,27). The summed E-state index contributed by atoms with van der Waals surface area (Å²) in [7, 11) is 1.62. The number of hydrogen-bond donors (Lipinski definition) is 1. The van der Waals surface area contributed by atoms with Crippen molar-refractivity contribution in [2.45, 2.75) is 25.8 Å². The van der Waals surface area contributed by atoms with Gasteiger partial charge in [0, 0.05) is 36.3 Å². The van der Waals surface area contributed by atoms with Crippen molar-refractivity contribution in [2.24, 2.45) is 0 Å². The van der Waals surface area contributed by atoms with Crippen molar-refractivity contribution in [3.8, 4) is 5.75 Å². The average molecular weight is 378 g/mol. The molecule has 1 saturated heterocycles. The number of hydrogen-bond acceptors (Lipinski definition) is 3. The third-order valence-electron chi connectivity index (χ3n) is 4.97. The van der Waals surface area contributed by atoms with Crippen LogP contribution in [0.15, 0.2) is 54.6 Å². The van der Waals surface area contributed by atoms with Gasteiger partial charge in [-0.3, -0.25) is 9.59 Å². The second-order valence-electron chi connectivity index (χ2n) is 7.02. The molecule has 0 unspecified atom stereocenters. The average Bonchev–Trinajstić information content (AvgIpc) is 2.73. The van der Waals surface area contributed by atoms with Crippen molar-refractivity contribution >= 4 is 17.9 Å². The van der Waals surface area contributed by atoms with Crippen LogP contribution in [0.25, 0.3) is 6.08 Å². The Morgan fingerprint density at radius 1 is 1.11 bits per heavy atom. The number of ether oxygens (including phenoxy) is 1. The van der Waals surface area contributed by atoms with Gasteiger partial charge >= 0.3 is 0 Å². The van der Waals surface area contributed by atoms with Crippen LogP contribution in [-0.4, -0.2) is 43.0 Å². The number of rotatable bonds is 5. The van der Waals surface area contributed by atoms with Gasteiger partial charge in [-0.2, -0.15) is 0 Å². The summed E-state index contributed by atoms with van der Waals surface area (Å²) in [5.41, 5.74) is 2.67. The Hall–Kier alpha value is -3.08. The zero-order valence-corrected chi connectivity index (χ0v) is 16.4. The number of nitrogens with one attached hydrogen (secondary N) is 1. The summed E-state index contributed by atoms with van der Waals surface area (Å²) >= 11 is 0. The van der Waals surface area contributed by atoms with Gasteiger partial charge in [-0.05, 0) is 50.1 Å². The van der Waals surface area contributed by atoms with Gasteiger partial charge in [0.15, 0.2) is 0 Å². The minimum absolute atomic E-state index is 0.0172. The fourth-order valence-electron chi connectivity index (χ4n) is 3.35. The second-order valence-corrected chi connectivity index (χ2v) is 7.02. The van der Waals surface area contributed by atoms with Crippen LogP contribution in [0, 0.1) is 6.92 Å². The molecule has 1 fully saturated rings. The lowest BCUT2D eigenvalue weighted by atomic mass is 10.0. The summed E-state index contributed by atoms with van der Waals surface area (Å²) < 4.78 is 5.35. The maximum Gasteiger partial charge on any atom is 0.251 e. The Morgan fingerprint density at radius 2 is 1.82 bits per heavy atom. The first kappa shape index (κ1) is 19.7. The Morgan fingerprint density at radius 3 is 2.50 bits per heavy atom. The number of piperidine rings is 1. The Labute approximate surface area is 166 Å². The molecule has 146 valence electrons. The lowest BCUT2D eigenvalue weighted by molar-refractivity contribution is -0.126. The van der Waals surface area contributed by atoms with Gasteiger partial charge < -0.3 is 15.0 Å². The van der Waals surface area contributed by atoms with Crippen molar-refractivity contribution < 1.29 is 14.3 Å². The SMILES string of the molecule is COc1ccc(C)cc1C=CC(=O)N1CCC(NC(=O)c2ccccc2)CC1. The van der Waals surface area contributed by atoms with E-state index in [9.17, 15) is 9.59 Å². The first-order chi connectivity index (χ1) is 13.6. The predicted octanol–water partition coefficient (Wildman–Crippen LogP) is 3.44. The second kappa shape index (κ2) is 9.22. The molecule has 2 aromatic rings. The Bertz CT molecular complexity index is 853. The number of aryl methyl sites for hydroxylation is 1. The summed E-state index contributed by atoms with van der Waals surface area (Å²) in [6.07, 6.45) is 4.91. The topological polar surface area (TPSA) is 58.6 Å². The van der Waals surface area contributed by atoms with Crippen LogP contribution in [0.4, 0.5) is 0 Å². The zero-order chi connectivity index (χ0) is 19.9. The molecular weight excluding hydrogens is 352 g/mol. The highest BCUT2D eigenvalue weighted by Crippen LogP contribution is 2.21. The zero-order valence-electron chi connectivity index (χ0n) is 16.4. The highest BCUT2D eigenvalue weighted by molar-refractivity contribution is 5.94. The van der Waals surface area contributed by atoms with E-state index in [0.717, 1.165) is 29.7 Å². The fraction of sp³-hybridized carbons (Fsp3) is 0.304. The maximum atomic E-state index is 12.5. The van der Waals surface area contributed by atoms with Crippen molar-refractivity contribution in [3.63, 3.8) is 0 Å². The molecule has 0 spiro atoms. The van der Waals surface area contributed by atoms with E-state index in [1.165, 1.54) is 0 Å². The molecule has 0 atom stereocenters. The number of likely N-dealkylation sites (tertiary alicyclic amines) is 1. The molecule has 0 bridgehead atoms. The molecule has 2 aromatic carbocycles. The van der Waals surface area contributed by atoms with E-state index < -0.39 is 0 Å². The minimum Gasteiger partial charge on any atom is -0.496 e. The molecule has 1 N–H and O–H groups in total. The molecule has 0 aliphatic carbocycles. The van der Waals surface area contributed by atoms with Gasteiger partial charge in [0.25, 0.3) is 5.91 Å². The lowest BCUT2D eigenvalue weighted by Crippen LogP contribution is -2.46. The summed E-state index contributed by atoms with van der Waals surface area (Å²) in [6.45, 7) is 3.27. The molecule has 5 nitrogen and oxygen atoms in total. The van der Waals surface area contributed by atoms with Crippen LogP contribution in [0.1, 0.15) is 34.3 Å². The molecule has 1 heterocycles. The molecular formula is C23H26N2O3. The van der Waals surface area contributed by atoms with Crippen molar-refractivity contribution in [3.05, 3.63) is 71.3 Å². The number of benzene rings is 2. The summed E-state index contributed by atoms with van der Waals surface area (Å²) in [5, 5.41) is 3.06. The highest BCUT2D eigenvalue weighted by atomic mass is 16.5. The van der Waals surface area contributed by atoms with Gasteiger partial charge in [0.05, 0.1) is 7.11 Å². The first-order valence-corrected chi connectivity index (χ1v) is 9.54. The van der Waals surface area contributed by atoms with Crippen LogP contribution in [0.2, 0.25) is 0 Å². The van der Waals surface area contributed by atoms with E-state index in [1.54, 1.807) is 31.4 Å². The van der Waals surface area contributed by atoms with Gasteiger partial charge in [0.1, 0.15) is 5.75 Å². The van der Waals surface area contributed by atoms with Crippen molar-refractivity contribution in [2.75, 3.05) is 20.2 Å². The lowest BCUT2D eigenvalue weighted by Gasteiger charge is -2.31. The Balaban J connectivity index is 1.53. The molecule has 1 aliphatic rings. The molecule has 1 aliphatic heterocycles. The van der Waals surface area contributed by atoms with E-state index in [2.05, 4.69) is 5.32 Å².